The molecule has 130 valence electrons. The average Bonchev–Trinajstić information content (AvgIpc) is 2.85. The molecule has 2 aliphatic rings. The Balaban J connectivity index is 1.84. The minimum atomic E-state index is -3.89. The van der Waals surface area contributed by atoms with Gasteiger partial charge in [0.1, 0.15) is 11.1 Å². The summed E-state index contributed by atoms with van der Waals surface area (Å²) in [5.74, 6) is -0.476. The summed E-state index contributed by atoms with van der Waals surface area (Å²) >= 11 is 0. The Bertz CT molecular complexity index is 892. The molecule has 0 spiro atoms. The zero-order chi connectivity index (χ0) is 17.4. The van der Waals surface area contributed by atoms with Gasteiger partial charge in [0.25, 0.3) is 15.9 Å². The van der Waals surface area contributed by atoms with Crippen LogP contribution >= 0.6 is 0 Å². The van der Waals surface area contributed by atoms with Crippen molar-refractivity contribution in [1.29, 1.82) is 0 Å². The number of ether oxygens (including phenoxy) is 1. The number of morpholine rings is 1. The van der Waals surface area contributed by atoms with Gasteiger partial charge in [-0.15, -0.1) is 0 Å². The Morgan fingerprint density at radius 1 is 0.920 bits per heavy atom. The molecule has 6 nitrogen and oxygen atoms in total. The minimum Gasteiger partial charge on any atom is -0.379 e. The molecule has 0 aromatic heterocycles. The molecule has 2 aromatic carbocycles. The van der Waals surface area contributed by atoms with Crippen molar-refractivity contribution in [2.45, 2.75) is 11.1 Å². The second kappa shape index (κ2) is 6.25. The molecule has 0 aliphatic carbocycles. The number of nitrogens with zero attached hydrogens (tertiary/aromatic N) is 2. The van der Waals surface area contributed by atoms with E-state index in [0.29, 0.717) is 26.3 Å². The number of fused-ring (bicyclic) bond motifs is 1. The van der Waals surface area contributed by atoms with Gasteiger partial charge in [-0.05, 0) is 17.7 Å². The van der Waals surface area contributed by atoms with Gasteiger partial charge < -0.3 is 4.74 Å². The molecule has 7 heteroatoms. The van der Waals surface area contributed by atoms with Gasteiger partial charge in [-0.3, -0.25) is 9.69 Å². The maximum Gasteiger partial charge on any atom is 0.270 e. The molecule has 1 saturated heterocycles. The van der Waals surface area contributed by atoms with Crippen molar-refractivity contribution < 1.29 is 17.9 Å². The van der Waals surface area contributed by atoms with Gasteiger partial charge in [-0.2, -0.15) is 0 Å². The van der Waals surface area contributed by atoms with Gasteiger partial charge in [0, 0.05) is 13.1 Å². The van der Waals surface area contributed by atoms with Gasteiger partial charge in [-0.25, -0.2) is 12.7 Å². The van der Waals surface area contributed by atoms with E-state index in [2.05, 4.69) is 0 Å². The monoisotopic (exact) mass is 358 g/mol. The second-order valence-corrected chi connectivity index (χ2v) is 7.82. The lowest BCUT2D eigenvalue weighted by molar-refractivity contribution is -0.00901. The first kappa shape index (κ1) is 16.3. The number of hydrogen-bond acceptors (Lipinski definition) is 5. The lowest BCUT2D eigenvalue weighted by atomic mass is 10.1. The molecule has 25 heavy (non-hydrogen) atoms. The van der Waals surface area contributed by atoms with E-state index >= 15 is 0 Å². The zero-order valence-electron chi connectivity index (χ0n) is 13.5. The number of hydrogen-bond donors (Lipinski definition) is 0. The van der Waals surface area contributed by atoms with E-state index in [1.807, 2.05) is 35.2 Å². The molecule has 0 radical (unpaired) electrons. The van der Waals surface area contributed by atoms with Crippen LogP contribution in [-0.4, -0.2) is 49.8 Å². The molecule has 1 amide bonds. The standard InChI is InChI=1S/C18H18N2O4S/c21-18-15-8-4-5-9-16(15)25(22,23)20(18)17(14-6-2-1-3-7-14)19-10-12-24-13-11-19/h1-9,17H,10-13H2. The van der Waals surface area contributed by atoms with Crippen LogP contribution in [0.15, 0.2) is 59.5 Å². The van der Waals surface area contributed by atoms with Crippen molar-refractivity contribution in [2.75, 3.05) is 26.3 Å². The zero-order valence-corrected chi connectivity index (χ0v) is 14.4. The van der Waals surface area contributed by atoms with E-state index in [4.69, 9.17) is 4.74 Å². The fourth-order valence-corrected chi connectivity index (χ4v) is 5.12. The van der Waals surface area contributed by atoms with Crippen molar-refractivity contribution >= 4 is 15.9 Å². The van der Waals surface area contributed by atoms with Crippen molar-refractivity contribution in [3.05, 3.63) is 65.7 Å². The molecule has 2 aromatic rings. The minimum absolute atomic E-state index is 0.0780. The third-order valence-electron chi connectivity index (χ3n) is 4.57. The van der Waals surface area contributed by atoms with E-state index in [9.17, 15) is 13.2 Å². The third-order valence-corrected chi connectivity index (χ3v) is 6.36. The summed E-state index contributed by atoms with van der Waals surface area (Å²) in [5.41, 5.74) is 1.01. The fraction of sp³-hybridized carbons (Fsp3) is 0.278. The molecule has 0 saturated carbocycles. The molecule has 0 bridgehead atoms. The Morgan fingerprint density at radius 2 is 1.56 bits per heavy atom. The molecule has 2 aliphatic heterocycles. The number of amides is 1. The molecule has 1 atom stereocenters. The largest absolute Gasteiger partial charge is 0.379 e. The number of benzene rings is 2. The highest BCUT2D eigenvalue weighted by atomic mass is 32.2. The number of carbonyl (C=O) groups is 1. The molecule has 4 rings (SSSR count). The van der Waals surface area contributed by atoms with Crippen LogP contribution < -0.4 is 0 Å². The number of sulfonamides is 1. The van der Waals surface area contributed by atoms with Crippen LogP contribution in [0.5, 0.6) is 0 Å². The first-order chi connectivity index (χ1) is 12.1. The van der Waals surface area contributed by atoms with Gasteiger partial charge in [0.15, 0.2) is 0 Å². The van der Waals surface area contributed by atoms with E-state index in [0.717, 1.165) is 9.87 Å². The van der Waals surface area contributed by atoms with Gasteiger partial charge >= 0.3 is 0 Å². The van der Waals surface area contributed by atoms with Crippen LogP contribution in [0.4, 0.5) is 0 Å². The SMILES string of the molecule is O=C1c2ccccc2S(=O)(=O)N1C(c1ccccc1)N1CCOCC1. The Labute approximate surface area is 146 Å². The highest BCUT2D eigenvalue weighted by Gasteiger charge is 2.47. The van der Waals surface area contributed by atoms with E-state index in [1.165, 1.54) is 6.07 Å². The van der Waals surface area contributed by atoms with E-state index in [-0.39, 0.29) is 10.5 Å². The van der Waals surface area contributed by atoms with Crippen LogP contribution in [0, 0.1) is 0 Å². The third kappa shape index (κ3) is 2.64. The predicted octanol–water partition coefficient (Wildman–Crippen LogP) is 1.86. The summed E-state index contributed by atoms with van der Waals surface area (Å²) in [5, 5.41) is 0. The smallest absolute Gasteiger partial charge is 0.270 e. The predicted molar refractivity (Wildman–Crippen MR) is 91.4 cm³/mol. The number of carbonyl (C=O) groups excluding carboxylic acids is 1. The second-order valence-electron chi connectivity index (χ2n) is 6.03. The highest BCUT2D eigenvalue weighted by Crippen LogP contribution is 2.38. The summed E-state index contributed by atoms with van der Waals surface area (Å²) in [4.78, 5) is 15.0. The first-order valence-electron chi connectivity index (χ1n) is 8.15. The van der Waals surface area contributed by atoms with Crippen molar-refractivity contribution in [2.24, 2.45) is 0 Å². The van der Waals surface area contributed by atoms with Crippen LogP contribution in [0.1, 0.15) is 22.1 Å². The molecular formula is C18H18N2O4S. The van der Waals surface area contributed by atoms with Crippen molar-refractivity contribution in [1.82, 2.24) is 9.21 Å². The maximum absolute atomic E-state index is 13.1. The summed E-state index contributed by atoms with van der Waals surface area (Å²) in [6.45, 7) is 2.15. The van der Waals surface area contributed by atoms with E-state index < -0.39 is 22.1 Å². The van der Waals surface area contributed by atoms with Crippen LogP contribution in [0.25, 0.3) is 0 Å². The topological polar surface area (TPSA) is 66.9 Å². The van der Waals surface area contributed by atoms with Crippen molar-refractivity contribution in [3.8, 4) is 0 Å². The summed E-state index contributed by atoms with van der Waals surface area (Å²) < 4.78 is 32.6. The maximum atomic E-state index is 13.1. The van der Waals surface area contributed by atoms with Crippen molar-refractivity contribution in [3.63, 3.8) is 0 Å². The van der Waals surface area contributed by atoms with Crippen LogP contribution in [0.3, 0.4) is 0 Å². The molecule has 1 fully saturated rings. The summed E-state index contributed by atoms with van der Waals surface area (Å²) in [6, 6.07) is 15.7. The summed E-state index contributed by atoms with van der Waals surface area (Å²) in [6.07, 6.45) is -0.671. The lowest BCUT2D eigenvalue weighted by Crippen LogP contribution is -2.48. The molecular weight excluding hydrogens is 340 g/mol. The Kier molecular flexibility index (Phi) is 4.07. The Hall–Kier alpha value is -2.22. The molecule has 1 unspecified atom stereocenters. The Morgan fingerprint density at radius 3 is 2.24 bits per heavy atom. The number of rotatable bonds is 3. The van der Waals surface area contributed by atoms with Crippen LogP contribution in [0.2, 0.25) is 0 Å². The normalized spacial score (nSPS) is 21.1. The van der Waals surface area contributed by atoms with Gasteiger partial charge in [-0.1, -0.05) is 42.5 Å². The molecule has 0 N–H and O–H groups in total. The fourth-order valence-electron chi connectivity index (χ4n) is 3.39. The van der Waals surface area contributed by atoms with Gasteiger partial charge in [0.05, 0.1) is 18.8 Å². The first-order valence-corrected chi connectivity index (χ1v) is 9.59. The summed E-state index contributed by atoms with van der Waals surface area (Å²) in [7, 11) is -3.89. The lowest BCUT2D eigenvalue weighted by Gasteiger charge is -2.38. The van der Waals surface area contributed by atoms with Gasteiger partial charge in [0.2, 0.25) is 0 Å². The quantitative estimate of drug-likeness (QED) is 0.838. The molecule has 2 heterocycles. The van der Waals surface area contributed by atoms with E-state index in [1.54, 1.807) is 18.2 Å². The highest BCUT2D eigenvalue weighted by molar-refractivity contribution is 7.90. The van der Waals surface area contributed by atoms with Crippen LogP contribution in [-0.2, 0) is 14.8 Å². The average molecular weight is 358 g/mol.